The number of benzene rings is 1. The van der Waals surface area contributed by atoms with Crippen LogP contribution in [0, 0.1) is 0 Å². The van der Waals surface area contributed by atoms with Crippen LogP contribution in [0.5, 0.6) is 0 Å². The Balaban J connectivity index is 1.64. The number of H-pyrrole nitrogens is 1. The Bertz CT molecular complexity index is 1050. The maximum absolute atomic E-state index is 4.51. The molecule has 0 atom stereocenters. The Morgan fingerprint density at radius 1 is 1.15 bits per heavy atom. The number of aromatic nitrogens is 7. The Morgan fingerprint density at radius 2 is 2.04 bits per heavy atom. The molecule has 0 fully saturated rings. The van der Waals surface area contributed by atoms with Gasteiger partial charge in [-0.1, -0.05) is 12.1 Å². The van der Waals surface area contributed by atoms with Crippen molar-refractivity contribution in [3.05, 3.63) is 36.9 Å². The number of aromatic amines is 1. The summed E-state index contributed by atoms with van der Waals surface area (Å²) in [7, 11) is 1.81. The van der Waals surface area contributed by atoms with Crippen molar-refractivity contribution in [2.45, 2.75) is 19.9 Å². The fourth-order valence-corrected chi connectivity index (χ4v) is 2.59. The van der Waals surface area contributed by atoms with Crippen molar-refractivity contribution in [3.63, 3.8) is 0 Å². The van der Waals surface area contributed by atoms with Gasteiger partial charge in [0.2, 0.25) is 5.95 Å². The van der Waals surface area contributed by atoms with Gasteiger partial charge >= 0.3 is 0 Å². The smallest absolute Gasteiger partial charge is 0.231 e. The Hall–Kier alpha value is -3.49. The molecule has 0 saturated carbocycles. The summed E-state index contributed by atoms with van der Waals surface area (Å²) in [6.07, 6.45) is 3.34. The molecule has 0 unspecified atom stereocenters. The van der Waals surface area contributed by atoms with Crippen molar-refractivity contribution in [1.82, 2.24) is 34.7 Å². The van der Waals surface area contributed by atoms with E-state index < -0.39 is 0 Å². The highest BCUT2D eigenvalue weighted by atomic mass is 15.3. The van der Waals surface area contributed by atoms with E-state index in [1.165, 1.54) is 0 Å². The van der Waals surface area contributed by atoms with E-state index in [1.807, 2.05) is 36.0 Å². The molecule has 4 aromatic rings. The minimum absolute atomic E-state index is 0.270. The Labute approximate surface area is 149 Å². The van der Waals surface area contributed by atoms with E-state index in [0.29, 0.717) is 23.2 Å². The van der Waals surface area contributed by atoms with Crippen molar-refractivity contribution in [2.24, 2.45) is 0 Å². The molecule has 0 aliphatic rings. The summed E-state index contributed by atoms with van der Waals surface area (Å²) >= 11 is 0. The first-order chi connectivity index (χ1) is 12.6. The van der Waals surface area contributed by atoms with Gasteiger partial charge in [-0.25, -0.2) is 14.6 Å². The summed E-state index contributed by atoms with van der Waals surface area (Å²) in [5.74, 6) is 1.83. The number of nitrogens with zero attached hydrogens (tertiary/aromatic N) is 6. The first kappa shape index (κ1) is 16.0. The number of rotatable bonds is 5. The van der Waals surface area contributed by atoms with Crippen LogP contribution in [0.3, 0.4) is 0 Å². The van der Waals surface area contributed by atoms with Gasteiger partial charge in [-0.15, -0.1) is 0 Å². The summed E-state index contributed by atoms with van der Waals surface area (Å²) in [5, 5.41) is 10.8. The highest BCUT2D eigenvalue weighted by molar-refractivity contribution is 5.84. The van der Waals surface area contributed by atoms with E-state index in [1.54, 1.807) is 12.7 Å². The van der Waals surface area contributed by atoms with Crippen LogP contribution in [0.25, 0.3) is 22.6 Å². The molecule has 26 heavy (non-hydrogen) atoms. The normalized spacial score (nSPS) is 11.2. The van der Waals surface area contributed by atoms with Gasteiger partial charge in [-0.05, 0) is 26.0 Å². The van der Waals surface area contributed by atoms with Gasteiger partial charge in [0.25, 0.3) is 0 Å². The van der Waals surface area contributed by atoms with Crippen LogP contribution in [0.4, 0.5) is 17.5 Å². The summed E-state index contributed by atoms with van der Waals surface area (Å²) in [4.78, 5) is 20.5. The zero-order valence-corrected chi connectivity index (χ0v) is 14.7. The molecule has 0 aliphatic carbocycles. The molecule has 9 heteroatoms. The lowest BCUT2D eigenvalue weighted by Gasteiger charge is -2.08. The number of hydrogen-bond acceptors (Lipinski definition) is 7. The molecule has 0 amide bonds. The van der Waals surface area contributed by atoms with Crippen LogP contribution in [0.1, 0.15) is 19.9 Å². The van der Waals surface area contributed by atoms with Gasteiger partial charge in [0, 0.05) is 24.3 Å². The fraction of sp³-hybridized carbons (Fsp3) is 0.235. The summed E-state index contributed by atoms with van der Waals surface area (Å²) in [6, 6.07) is 8.10. The van der Waals surface area contributed by atoms with E-state index in [9.17, 15) is 0 Å². The summed E-state index contributed by atoms with van der Waals surface area (Å²) in [6.45, 7) is 4.14. The number of nitrogens with one attached hydrogen (secondary N) is 3. The van der Waals surface area contributed by atoms with Gasteiger partial charge in [0.15, 0.2) is 17.3 Å². The molecule has 132 valence electrons. The highest BCUT2D eigenvalue weighted by Gasteiger charge is 2.10. The fourth-order valence-electron chi connectivity index (χ4n) is 2.59. The molecule has 1 aromatic carbocycles. The SMILES string of the molecule is CNc1nc(Nc2cccc(-c3ncn(C(C)C)n3)c2)nc2nc[nH]c12. The predicted octanol–water partition coefficient (Wildman–Crippen LogP) is 2.98. The number of hydrogen-bond donors (Lipinski definition) is 3. The summed E-state index contributed by atoms with van der Waals surface area (Å²) < 4.78 is 1.84. The Kier molecular flexibility index (Phi) is 3.96. The third kappa shape index (κ3) is 2.94. The average molecular weight is 349 g/mol. The molecule has 3 heterocycles. The lowest BCUT2D eigenvalue weighted by Crippen LogP contribution is -2.02. The van der Waals surface area contributed by atoms with Crippen molar-refractivity contribution < 1.29 is 0 Å². The molecule has 3 N–H and O–H groups in total. The minimum atomic E-state index is 0.270. The maximum atomic E-state index is 4.51. The zero-order valence-electron chi connectivity index (χ0n) is 14.7. The third-order valence-corrected chi connectivity index (χ3v) is 3.94. The molecule has 0 saturated heterocycles. The van der Waals surface area contributed by atoms with E-state index in [-0.39, 0.29) is 6.04 Å². The molecule has 0 spiro atoms. The predicted molar refractivity (Wildman–Crippen MR) is 100 cm³/mol. The van der Waals surface area contributed by atoms with Gasteiger partial charge in [-0.3, -0.25) is 0 Å². The average Bonchev–Trinajstić information content (AvgIpc) is 3.30. The van der Waals surface area contributed by atoms with Crippen LogP contribution >= 0.6 is 0 Å². The number of fused-ring (bicyclic) bond motifs is 1. The third-order valence-electron chi connectivity index (χ3n) is 3.94. The topological polar surface area (TPSA) is 109 Å². The van der Waals surface area contributed by atoms with E-state index in [2.05, 4.69) is 54.5 Å². The first-order valence-electron chi connectivity index (χ1n) is 8.31. The van der Waals surface area contributed by atoms with Crippen LogP contribution in [-0.2, 0) is 0 Å². The molecule has 9 nitrogen and oxygen atoms in total. The minimum Gasteiger partial charge on any atom is -0.371 e. The lowest BCUT2D eigenvalue weighted by atomic mass is 10.2. The van der Waals surface area contributed by atoms with E-state index >= 15 is 0 Å². The molecule has 0 radical (unpaired) electrons. The van der Waals surface area contributed by atoms with Gasteiger partial charge in [-0.2, -0.15) is 15.1 Å². The van der Waals surface area contributed by atoms with Crippen LogP contribution in [0.2, 0.25) is 0 Å². The van der Waals surface area contributed by atoms with Gasteiger partial charge in [0.1, 0.15) is 11.8 Å². The highest BCUT2D eigenvalue weighted by Crippen LogP contribution is 2.24. The van der Waals surface area contributed by atoms with E-state index in [4.69, 9.17) is 0 Å². The zero-order chi connectivity index (χ0) is 18.1. The molecule has 0 aliphatic heterocycles. The van der Waals surface area contributed by atoms with Crippen molar-refractivity contribution in [2.75, 3.05) is 17.7 Å². The Morgan fingerprint density at radius 3 is 2.81 bits per heavy atom. The summed E-state index contributed by atoms with van der Waals surface area (Å²) in [5.41, 5.74) is 3.14. The first-order valence-corrected chi connectivity index (χ1v) is 8.31. The molecule has 0 bridgehead atoms. The molecule has 4 rings (SSSR count). The van der Waals surface area contributed by atoms with Crippen molar-refractivity contribution in [1.29, 1.82) is 0 Å². The second-order valence-electron chi connectivity index (χ2n) is 6.09. The second kappa shape index (κ2) is 6.43. The molecule has 3 aromatic heterocycles. The molecular weight excluding hydrogens is 330 g/mol. The largest absolute Gasteiger partial charge is 0.371 e. The standard InChI is InChI=1S/C17H19N9/c1-10(2)26-9-21-14(25-26)11-5-4-6-12(7-11)22-17-23-15(18-3)13-16(24-17)20-8-19-13/h4-10H,1-3H3,(H3,18,19,20,22,23,24). The van der Waals surface area contributed by atoms with Crippen LogP contribution < -0.4 is 10.6 Å². The van der Waals surface area contributed by atoms with E-state index in [0.717, 1.165) is 16.8 Å². The lowest BCUT2D eigenvalue weighted by molar-refractivity contribution is 0.532. The van der Waals surface area contributed by atoms with Crippen molar-refractivity contribution >= 4 is 28.6 Å². The number of anilines is 3. The second-order valence-corrected chi connectivity index (χ2v) is 6.09. The van der Waals surface area contributed by atoms with Gasteiger partial charge in [0.05, 0.1) is 6.33 Å². The monoisotopic (exact) mass is 349 g/mol. The quantitative estimate of drug-likeness (QED) is 0.508. The maximum Gasteiger partial charge on any atom is 0.231 e. The van der Waals surface area contributed by atoms with Crippen LogP contribution in [-0.4, -0.2) is 41.7 Å². The molecular formula is C17H19N9. The van der Waals surface area contributed by atoms with Crippen molar-refractivity contribution in [3.8, 4) is 11.4 Å². The number of imidazole rings is 1. The van der Waals surface area contributed by atoms with Gasteiger partial charge < -0.3 is 15.6 Å². The van der Waals surface area contributed by atoms with Crippen LogP contribution in [0.15, 0.2) is 36.9 Å².